The normalized spacial score (nSPS) is 13.9. The maximum absolute atomic E-state index is 12.7. The highest BCUT2D eigenvalue weighted by Gasteiger charge is 2.27. The summed E-state index contributed by atoms with van der Waals surface area (Å²) in [5, 5.41) is 0. The first-order valence-electron chi connectivity index (χ1n) is 22.7. The first kappa shape index (κ1) is 54.2. The average molecular weight is 813 g/mol. The fraction of sp³-hybridized carbons (Fsp3) is 0.826. The summed E-state index contributed by atoms with van der Waals surface area (Å²) in [5.74, 6) is -0.807. The van der Waals surface area contributed by atoms with Crippen molar-refractivity contribution < 1.29 is 42.1 Å². The van der Waals surface area contributed by atoms with Crippen molar-refractivity contribution in [2.24, 2.45) is 0 Å². The minimum Gasteiger partial charge on any atom is -0.462 e. The van der Waals surface area contributed by atoms with Gasteiger partial charge < -0.3 is 18.9 Å². The lowest BCUT2D eigenvalue weighted by Crippen LogP contribution is -2.37. The molecule has 0 rings (SSSR count). The van der Waals surface area contributed by atoms with Crippen molar-refractivity contribution in [3.63, 3.8) is 0 Å². The Morgan fingerprint density at radius 2 is 0.964 bits per heavy atom. The fourth-order valence-corrected chi connectivity index (χ4v) is 6.82. The molecule has 328 valence electrons. The van der Waals surface area contributed by atoms with E-state index in [1.807, 2.05) is 21.1 Å². The van der Waals surface area contributed by atoms with Crippen molar-refractivity contribution in [2.45, 2.75) is 200 Å². The molecule has 0 amide bonds. The van der Waals surface area contributed by atoms with Gasteiger partial charge in [-0.05, 0) is 51.4 Å². The van der Waals surface area contributed by atoms with Gasteiger partial charge in [-0.15, -0.1) is 0 Å². The van der Waals surface area contributed by atoms with Crippen molar-refractivity contribution in [1.29, 1.82) is 0 Å². The van der Waals surface area contributed by atoms with Gasteiger partial charge in [0.25, 0.3) is 0 Å². The van der Waals surface area contributed by atoms with Crippen LogP contribution in [-0.2, 0) is 32.7 Å². The van der Waals surface area contributed by atoms with Crippen LogP contribution in [0.4, 0.5) is 0 Å². The van der Waals surface area contributed by atoms with Gasteiger partial charge in [0, 0.05) is 12.8 Å². The summed E-state index contributed by atoms with van der Waals surface area (Å²) < 4.78 is 34.2. The van der Waals surface area contributed by atoms with Crippen molar-refractivity contribution in [2.75, 3.05) is 47.5 Å². The number of phosphoric acid groups is 1. The second-order valence-electron chi connectivity index (χ2n) is 16.4. The molecule has 0 saturated heterocycles. The third kappa shape index (κ3) is 41.9. The zero-order chi connectivity index (χ0) is 41.4. The van der Waals surface area contributed by atoms with Gasteiger partial charge in [-0.25, -0.2) is 4.57 Å². The maximum Gasteiger partial charge on any atom is 0.472 e. The summed E-state index contributed by atoms with van der Waals surface area (Å²) in [5.41, 5.74) is 0. The molecule has 0 aromatic carbocycles. The Kier molecular flexibility index (Phi) is 37.5. The summed E-state index contributed by atoms with van der Waals surface area (Å²) in [6.45, 7) is 4.38. The summed E-state index contributed by atoms with van der Waals surface area (Å²) in [6.07, 6.45) is 43.4. The number of phosphoric ester groups is 1. The Balaban J connectivity index is 4.25. The molecular weight excluding hydrogens is 725 g/mol. The molecule has 0 aromatic rings. The number of hydrogen-bond acceptors (Lipinski definition) is 7. The third-order valence-corrected chi connectivity index (χ3v) is 10.7. The molecule has 0 aliphatic heterocycles. The highest BCUT2D eigenvalue weighted by molar-refractivity contribution is 7.47. The zero-order valence-corrected chi connectivity index (χ0v) is 37.8. The van der Waals surface area contributed by atoms with Crippen molar-refractivity contribution in [3.8, 4) is 0 Å². The standard InChI is InChI=1S/C46H86NO8P/c1-6-8-10-12-14-16-17-18-19-20-21-22-23-24-25-26-27-28-29-31-33-35-37-39-46(49)55-44(43-54-56(50,51)53-41-40-47(3,4)5)42-52-45(48)38-36-34-32-30-15-13-11-9-7-2/h17-18,20-21,23-24,44H,6-16,19,22,25-43H2,1-5H3/p+1/b18-17-,21-20-,24-23-. The maximum atomic E-state index is 12.7. The fourth-order valence-electron chi connectivity index (χ4n) is 6.08. The predicted molar refractivity (Wildman–Crippen MR) is 234 cm³/mol. The average Bonchev–Trinajstić information content (AvgIpc) is 3.15. The molecule has 1 N–H and O–H groups in total. The number of nitrogens with zero attached hydrogens (tertiary/aromatic N) is 1. The van der Waals surface area contributed by atoms with E-state index in [0.717, 1.165) is 57.8 Å². The second kappa shape index (κ2) is 38.7. The van der Waals surface area contributed by atoms with Crippen LogP contribution in [0.1, 0.15) is 194 Å². The molecule has 56 heavy (non-hydrogen) atoms. The van der Waals surface area contributed by atoms with E-state index in [9.17, 15) is 19.0 Å². The lowest BCUT2D eigenvalue weighted by atomic mass is 10.1. The largest absolute Gasteiger partial charge is 0.472 e. The van der Waals surface area contributed by atoms with Gasteiger partial charge in [-0.3, -0.25) is 18.6 Å². The van der Waals surface area contributed by atoms with Gasteiger partial charge in [0.15, 0.2) is 6.10 Å². The van der Waals surface area contributed by atoms with E-state index in [1.54, 1.807) is 0 Å². The van der Waals surface area contributed by atoms with E-state index in [-0.39, 0.29) is 32.0 Å². The number of hydrogen-bond donors (Lipinski definition) is 1. The molecule has 10 heteroatoms. The molecule has 2 unspecified atom stereocenters. The molecule has 0 aliphatic carbocycles. The summed E-state index contributed by atoms with van der Waals surface area (Å²) >= 11 is 0. The van der Waals surface area contributed by atoms with Crippen LogP contribution < -0.4 is 0 Å². The first-order valence-corrected chi connectivity index (χ1v) is 24.2. The highest BCUT2D eigenvalue weighted by Crippen LogP contribution is 2.43. The number of esters is 2. The Morgan fingerprint density at radius 1 is 0.554 bits per heavy atom. The molecule has 0 bridgehead atoms. The molecule has 0 heterocycles. The van der Waals surface area contributed by atoms with Crippen molar-refractivity contribution in [3.05, 3.63) is 36.5 Å². The second-order valence-corrected chi connectivity index (χ2v) is 17.9. The Morgan fingerprint density at radius 3 is 1.43 bits per heavy atom. The minimum atomic E-state index is -4.37. The van der Waals surface area contributed by atoms with Crippen LogP contribution in [0.2, 0.25) is 0 Å². The molecule has 0 aliphatic rings. The van der Waals surface area contributed by atoms with Gasteiger partial charge in [-0.1, -0.05) is 166 Å². The van der Waals surface area contributed by atoms with Gasteiger partial charge in [0.2, 0.25) is 0 Å². The Hall–Kier alpha value is -1.77. The van der Waals surface area contributed by atoms with E-state index < -0.39 is 26.5 Å². The van der Waals surface area contributed by atoms with Crippen LogP contribution >= 0.6 is 7.82 Å². The van der Waals surface area contributed by atoms with Crippen LogP contribution in [0.3, 0.4) is 0 Å². The molecular formula is C46H87NO8P+. The van der Waals surface area contributed by atoms with Gasteiger partial charge in [0.05, 0.1) is 27.7 Å². The first-order chi connectivity index (χ1) is 27.0. The SMILES string of the molecule is CCCCCCC/C=C\C/C=C\C/C=C\CCCCCCCCCCC(=O)OC(COC(=O)CCCCCCCCCCC)COP(=O)(O)OCC[N+](C)(C)C. The molecule has 0 fully saturated rings. The molecule has 2 atom stereocenters. The smallest absolute Gasteiger partial charge is 0.462 e. The van der Waals surface area contributed by atoms with E-state index in [4.69, 9.17) is 18.5 Å². The summed E-state index contributed by atoms with van der Waals surface area (Å²) in [6, 6.07) is 0. The van der Waals surface area contributed by atoms with E-state index >= 15 is 0 Å². The van der Waals surface area contributed by atoms with Gasteiger partial charge >= 0.3 is 19.8 Å². The number of ether oxygens (including phenoxy) is 2. The number of carbonyl (C=O) groups is 2. The summed E-state index contributed by atoms with van der Waals surface area (Å²) in [7, 11) is 1.47. The van der Waals surface area contributed by atoms with Crippen LogP contribution in [0.25, 0.3) is 0 Å². The number of carbonyl (C=O) groups excluding carboxylic acids is 2. The number of unbranched alkanes of at least 4 members (excludes halogenated alkanes) is 21. The van der Waals surface area contributed by atoms with Crippen LogP contribution in [0, 0.1) is 0 Å². The molecule has 9 nitrogen and oxygen atoms in total. The summed E-state index contributed by atoms with van der Waals surface area (Å²) in [4.78, 5) is 35.3. The molecule has 0 radical (unpaired) electrons. The number of allylic oxidation sites excluding steroid dienone is 6. The Bertz CT molecular complexity index is 1050. The van der Waals surface area contributed by atoms with Crippen LogP contribution in [0.15, 0.2) is 36.5 Å². The molecule has 0 spiro atoms. The van der Waals surface area contributed by atoms with Crippen LogP contribution in [-0.4, -0.2) is 74.9 Å². The van der Waals surface area contributed by atoms with Gasteiger partial charge in [0.1, 0.15) is 19.8 Å². The lowest BCUT2D eigenvalue weighted by Gasteiger charge is -2.24. The predicted octanol–water partition coefficient (Wildman–Crippen LogP) is 12.9. The molecule has 0 saturated carbocycles. The minimum absolute atomic E-state index is 0.0305. The number of rotatable bonds is 41. The quantitative estimate of drug-likeness (QED) is 0.0214. The van der Waals surface area contributed by atoms with Gasteiger partial charge in [-0.2, -0.15) is 0 Å². The lowest BCUT2D eigenvalue weighted by molar-refractivity contribution is -0.870. The topological polar surface area (TPSA) is 108 Å². The zero-order valence-electron chi connectivity index (χ0n) is 36.9. The van der Waals surface area contributed by atoms with Crippen LogP contribution in [0.5, 0.6) is 0 Å². The highest BCUT2D eigenvalue weighted by atomic mass is 31.2. The monoisotopic (exact) mass is 813 g/mol. The number of likely N-dealkylation sites (N-methyl/N-ethyl adjacent to an activating group) is 1. The van der Waals surface area contributed by atoms with E-state index in [2.05, 4.69) is 50.3 Å². The Labute approximate surface area is 344 Å². The molecule has 0 aromatic heterocycles. The van der Waals surface area contributed by atoms with E-state index in [0.29, 0.717) is 17.4 Å². The van der Waals surface area contributed by atoms with Crippen molar-refractivity contribution in [1.82, 2.24) is 0 Å². The van der Waals surface area contributed by atoms with E-state index in [1.165, 1.54) is 103 Å². The number of quaternary nitrogens is 1. The van der Waals surface area contributed by atoms with Crippen molar-refractivity contribution >= 4 is 19.8 Å². The third-order valence-electron chi connectivity index (χ3n) is 9.67.